The van der Waals surface area contributed by atoms with Gasteiger partial charge in [0.2, 0.25) is 0 Å². The van der Waals surface area contributed by atoms with Crippen LogP contribution in [0.15, 0.2) is 24.3 Å². The number of benzene rings is 1. The van der Waals surface area contributed by atoms with Crippen molar-refractivity contribution in [2.24, 2.45) is 11.8 Å². The maximum Gasteiger partial charge on any atom is 0.262 e. The van der Waals surface area contributed by atoms with Gasteiger partial charge in [0, 0.05) is 0 Å². The minimum Gasteiger partial charge on any atom is -0.390 e. The monoisotopic (exact) mass is 297 g/mol. The lowest BCUT2D eigenvalue weighted by Gasteiger charge is -2.62. The maximum absolute atomic E-state index is 12.9. The normalized spacial score (nSPS) is 42.1. The molecule has 1 aromatic carbocycles. The second-order valence-electron chi connectivity index (χ2n) is 7.90. The van der Waals surface area contributed by atoms with Crippen LogP contribution in [0.3, 0.4) is 0 Å². The lowest BCUT2D eigenvalue weighted by atomic mass is 9.50. The smallest absolute Gasteiger partial charge is 0.262 e. The highest BCUT2D eigenvalue weighted by atomic mass is 16.3. The van der Waals surface area contributed by atoms with Crippen molar-refractivity contribution in [3.63, 3.8) is 0 Å². The van der Waals surface area contributed by atoms with Crippen molar-refractivity contribution in [2.75, 3.05) is 0 Å². The third-order valence-electron chi connectivity index (χ3n) is 6.27. The highest BCUT2D eigenvalue weighted by Gasteiger charge is 2.62. The van der Waals surface area contributed by atoms with E-state index in [1.165, 1.54) is 4.90 Å². The van der Waals surface area contributed by atoms with Crippen molar-refractivity contribution in [3.05, 3.63) is 35.4 Å². The summed E-state index contributed by atoms with van der Waals surface area (Å²) in [5.74, 6) is 0.587. The molecule has 6 rings (SSSR count). The molecule has 4 fully saturated rings. The summed E-state index contributed by atoms with van der Waals surface area (Å²) in [6, 6.07) is 7.09. The van der Waals surface area contributed by atoms with Crippen LogP contribution in [0.5, 0.6) is 0 Å². The maximum atomic E-state index is 12.9. The first-order chi connectivity index (χ1) is 10.5. The van der Waals surface area contributed by atoms with Crippen LogP contribution in [0.1, 0.15) is 59.2 Å². The molecular weight excluding hydrogens is 278 g/mol. The van der Waals surface area contributed by atoms with Crippen LogP contribution >= 0.6 is 0 Å². The molecule has 4 bridgehead atoms. The van der Waals surface area contributed by atoms with Gasteiger partial charge in [0.25, 0.3) is 11.8 Å². The molecule has 5 aliphatic rings. The van der Waals surface area contributed by atoms with Crippen molar-refractivity contribution >= 4 is 11.8 Å². The first-order valence-corrected chi connectivity index (χ1v) is 8.20. The largest absolute Gasteiger partial charge is 0.390 e. The average molecular weight is 297 g/mol. The minimum absolute atomic E-state index is 0.161. The summed E-state index contributed by atoms with van der Waals surface area (Å²) < 4.78 is 0. The van der Waals surface area contributed by atoms with Gasteiger partial charge >= 0.3 is 0 Å². The van der Waals surface area contributed by atoms with Crippen LogP contribution in [0.25, 0.3) is 0 Å². The number of hydrogen-bond acceptors (Lipinski definition) is 3. The predicted octanol–water partition coefficient (Wildman–Crippen LogP) is 2.37. The van der Waals surface area contributed by atoms with Crippen molar-refractivity contribution < 1.29 is 14.7 Å². The van der Waals surface area contributed by atoms with Gasteiger partial charge in [0.1, 0.15) is 0 Å². The fraction of sp³-hybridized carbons (Fsp3) is 0.556. The van der Waals surface area contributed by atoms with E-state index in [4.69, 9.17) is 0 Å². The van der Waals surface area contributed by atoms with Gasteiger partial charge in [-0.2, -0.15) is 0 Å². The molecule has 2 unspecified atom stereocenters. The molecule has 1 aliphatic heterocycles. The molecule has 22 heavy (non-hydrogen) atoms. The third-order valence-corrected chi connectivity index (χ3v) is 6.27. The first-order valence-electron chi connectivity index (χ1n) is 8.20. The van der Waals surface area contributed by atoms with Crippen LogP contribution < -0.4 is 0 Å². The van der Waals surface area contributed by atoms with Crippen LogP contribution in [-0.2, 0) is 0 Å². The number of nitrogens with zero attached hydrogens (tertiary/aromatic N) is 1. The van der Waals surface area contributed by atoms with Gasteiger partial charge in [-0.05, 0) is 62.5 Å². The van der Waals surface area contributed by atoms with Gasteiger partial charge in [-0.15, -0.1) is 0 Å². The van der Waals surface area contributed by atoms with E-state index in [2.05, 4.69) is 0 Å². The number of carbonyl (C=O) groups excluding carboxylic acids is 2. The molecule has 4 aliphatic carbocycles. The van der Waals surface area contributed by atoms with E-state index >= 15 is 0 Å². The summed E-state index contributed by atoms with van der Waals surface area (Å²) in [6.45, 7) is 0. The third kappa shape index (κ3) is 1.46. The van der Waals surface area contributed by atoms with Crippen LogP contribution in [-0.4, -0.2) is 33.0 Å². The molecule has 0 radical (unpaired) electrons. The van der Waals surface area contributed by atoms with E-state index in [-0.39, 0.29) is 11.8 Å². The summed E-state index contributed by atoms with van der Waals surface area (Å²) >= 11 is 0. The molecule has 4 heteroatoms. The van der Waals surface area contributed by atoms with Gasteiger partial charge in [-0.1, -0.05) is 12.1 Å². The molecule has 0 saturated heterocycles. The summed E-state index contributed by atoms with van der Waals surface area (Å²) in [6.07, 6.45) is 5.14. The molecule has 0 spiro atoms. The van der Waals surface area contributed by atoms with E-state index < -0.39 is 11.1 Å². The Morgan fingerprint density at radius 2 is 1.50 bits per heavy atom. The highest BCUT2D eigenvalue weighted by Crippen LogP contribution is 2.60. The first kappa shape index (κ1) is 12.8. The van der Waals surface area contributed by atoms with Gasteiger partial charge in [-0.3, -0.25) is 14.5 Å². The van der Waals surface area contributed by atoms with E-state index in [0.29, 0.717) is 29.4 Å². The van der Waals surface area contributed by atoms with E-state index in [0.717, 1.165) is 32.1 Å². The zero-order valence-electron chi connectivity index (χ0n) is 12.4. The van der Waals surface area contributed by atoms with Crippen molar-refractivity contribution in [1.82, 2.24) is 4.90 Å². The summed E-state index contributed by atoms with van der Waals surface area (Å²) in [7, 11) is 0. The Morgan fingerprint density at radius 1 is 0.955 bits per heavy atom. The molecule has 0 aromatic heterocycles. The van der Waals surface area contributed by atoms with Crippen molar-refractivity contribution in [1.29, 1.82) is 0 Å². The van der Waals surface area contributed by atoms with E-state index in [1.807, 2.05) is 0 Å². The topological polar surface area (TPSA) is 57.6 Å². The van der Waals surface area contributed by atoms with Gasteiger partial charge in [0.15, 0.2) is 0 Å². The van der Waals surface area contributed by atoms with Crippen LogP contribution in [0.2, 0.25) is 0 Å². The molecule has 114 valence electrons. The second kappa shape index (κ2) is 3.80. The zero-order valence-corrected chi connectivity index (χ0v) is 12.4. The molecule has 2 atom stereocenters. The van der Waals surface area contributed by atoms with E-state index in [1.54, 1.807) is 24.3 Å². The van der Waals surface area contributed by atoms with Gasteiger partial charge in [0.05, 0.1) is 22.3 Å². The Kier molecular flexibility index (Phi) is 2.21. The fourth-order valence-electron chi connectivity index (χ4n) is 6.05. The average Bonchev–Trinajstić information content (AvgIpc) is 2.69. The number of hydrogen-bond donors (Lipinski definition) is 1. The minimum atomic E-state index is -0.667. The number of amides is 2. The molecular formula is C18H19NO3. The Balaban J connectivity index is 1.61. The Hall–Kier alpha value is -1.68. The lowest BCUT2D eigenvalue weighted by Crippen LogP contribution is -2.66. The number of carbonyl (C=O) groups is 2. The predicted molar refractivity (Wildman–Crippen MR) is 79.3 cm³/mol. The van der Waals surface area contributed by atoms with Crippen molar-refractivity contribution in [2.45, 2.75) is 49.7 Å². The Labute approximate surface area is 129 Å². The zero-order chi connectivity index (χ0) is 15.1. The summed E-state index contributed by atoms with van der Waals surface area (Å²) in [5, 5.41) is 10.9. The van der Waals surface area contributed by atoms with Gasteiger partial charge in [-0.25, -0.2) is 0 Å². The standard InChI is InChI=1S/C18H19NO3/c20-15-13-3-1-2-4-14(13)16(21)19(15)17-6-11-5-12(7-17)9-18(22,8-11)10-17/h1-4,11-12,22H,5-10H2. The second-order valence-corrected chi connectivity index (χ2v) is 7.90. The fourth-order valence-corrected chi connectivity index (χ4v) is 6.05. The number of imide groups is 1. The SMILES string of the molecule is O=C1c2ccccc2C(=O)N1C12CC3CC(CC(O)(C3)C1)C2. The Morgan fingerprint density at radius 3 is 2.00 bits per heavy atom. The van der Waals surface area contributed by atoms with Gasteiger partial charge < -0.3 is 5.11 Å². The molecule has 4 saturated carbocycles. The highest BCUT2D eigenvalue weighted by molar-refractivity contribution is 6.21. The molecule has 1 heterocycles. The lowest BCUT2D eigenvalue weighted by molar-refractivity contribution is -0.158. The number of aliphatic hydroxyl groups is 1. The molecule has 4 nitrogen and oxygen atoms in total. The quantitative estimate of drug-likeness (QED) is 0.810. The van der Waals surface area contributed by atoms with E-state index in [9.17, 15) is 14.7 Å². The summed E-state index contributed by atoms with van der Waals surface area (Å²) in [4.78, 5) is 27.2. The molecule has 2 amide bonds. The summed E-state index contributed by atoms with van der Waals surface area (Å²) in [5.41, 5.74) is -0.0729. The number of rotatable bonds is 1. The van der Waals surface area contributed by atoms with Crippen molar-refractivity contribution in [3.8, 4) is 0 Å². The Bertz CT molecular complexity index is 661. The van der Waals surface area contributed by atoms with Crippen LogP contribution in [0.4, 0.5) is 0 Å². The molecule has 1 N–H and O–H groups in total. The number of fused-ring (bicyclic) bond motifs is 1. The van der Waals surface area contributed by atoms with Crippen LogP contribution in [0, 0.1) is 11.8 Å². The molecule has 1 aromatic rings.